The van der Waals surface area contributed by atoms with Gasteiger partial charge in [-0.15, -0.1) is 0 Å². The van der Waals surface area contributed by atoms with Crippen molar-refractivity contribution in [3.8, 4) is 0 Å². The molecule has 0 bridgehead atoms. The Hall–Kier alpha value is -2.13. The Morgan fingerprint density at radius 3 is 2.76 bits per heavy atom. The summed E-state index contributed by atoms with van der Waals surface area (Å²) in [5, 5.41) is 10.4. The molecule has 8 nitrogen and oxygen atoms in total. The molecule has 0 aliphatic heterocycles. The maximum atomic E-state index is 5.53. The van der Waals surface area contributed by atoms with E-state index in [2.05, 4.69) is 25.6 Å². The van der Waals surface area contributed by atoms with Crippen LogP contribution in [0.25, 0.3) is 11.0 Å². The number of hydrogen-bond acceptors (Lipinski definition) is 7. The van der Waals surface area contributed by atoms with Gasteiger partial charge in [0, 0.05) is 14.1 Å². The van der Waals surface area contributed by atoms with Crippen molar-refractivity contribution >= 4 is 28.6 Å². The van der Waals surface area contributed by atoms with Crippen molar-refractivity contribution in [1.82, 2.24) is 29.5 Å². The number of thioether (sulfide) groups is 1. The second-order valence-corrected chi connectivity index (χ2v) is 5.67. The molecule has 0 unspecified atom stereocenters. The fourth-order valence-corrected chi connectivity index (χ4v) is 2.99. The lowest BCUT2D eigenvalue weighted by Crippen LogP contribution is -2.11. The van der Waals surface area contributed by atoms with E-state index in [0.717, 1.165) is 21.8 Å². The molecule has 0 spiro atoms. The summed E-state index contributed by atoms with van der Waals surface area (Å²) >= 11 is 1.63. The molecule has 3 aromatic rings. The van der Waals surface area contributed by atoms with Crippen LogP contribution in [-0.4, -0.2) is 29.5 Å². The molecule has 0 amide bonds. The molecule has 0 aliphatic rings. The third-order valence-electron chi connectivity index (χ3n) is 3.08. The van der Waals surface area contributed by atoms with Crippen LogP contribution in [-0.2, 0) is 19.8 Å². The van der Waals surface area contributed by atoms with Crippen LogP contribution in [0, 0.1) is 6.92 Å². The minimum atomic E-state index is 0.588. The largest absolute Gasteiger partial charge is 0.308 e. The van der Waals surface area contributed by atoms with E-state index in [0.29, 0.717) is 17.4 Å². The van der Waals surface area contributed by atoms with Gasteiger partial charge in [0.25, 0.3) is 0 Å². The van der Waals surface area contributed by atoms with Gasteiger partial charge < -0.3 is 5.43 Å². The SMILES string of the molecule is Cc1cc(SCc2nc(NN)c3cnn(C)c3n2)n(C)n1. The number of hydrogen-bond donors (Lipinski definition) is 2. The Balaban J connectivity index is 1.90. The molecular formula is C12H16N8S. The van der Waals surface area contributed by atoms with Crippen molar-refractivity contribution in [2.45, 2.75) is 17.7 Å². The van der Waals surface area contributed by atoms with Gasteiger partial charge in [-0.05, 0) is 13.0 Å². The second-order valence-electron chi connectivity index (χ2n) is 4.67. The van der Waals surface area contributed by atoms with Crippen LogP contribution in [0.2, 0.25) is 0 Å². The maximum Gasteiger partial charge on any atom is 0.163 e. The molecule has 9 heteroatoms. The van der Waals surface area contributed by atoms with E-state index >= 15 is 0 Å². The quantitative estimate of drug-likeness (QED) is 0.421. The highest BCUT2D eigenvalue weighted by molar-refractivity contribution is 7.98. The number of fused-ring (bicyclic) bond motifs is 1. The first-order chi connectivity index (χ1) is 10.1. The second kappa shape index (κ2) is 5.34. The van der Waals surface area contributed by atoms with Gasteiger partial charge in [0.1, 0.15) is 5.82 Å². The Morgan fingerprint density at radius 1 is 1.29 bits per heavy atom. The average Bonchev–Trinajstić information content (AvgIpc) is 2.99. The summed E-state index contributed by atoms with van der Waals surface area (Å²) in [6, 6.07) is 2.04. The normalized spacial score (nSPS) is 11.2. The monoisotopic (exact) mass is 304 g/mol. The van der Waals surface area contributed by atoms with E-state index in [1.54, 1.807) is 22.6 Å². The Bertz CT molecular complexity index is 790. The van der Waals surface area contributed by atoms with Crippen molar-refractivity contribution in [1.29, 1.82) is 0 Å². The van der Waals surface area contributed by atoms with Crippen LogP contribution < -0.4 is 11.3 Å². The zero-order valence-electron chi connectivity index (χ0n) is 12.0. The molecule has 0 aliphatic carbocycles. The lowest BCUT2D eigenvalue weighted by molar-refractivity contribution is 0.692. The molecule has 0 atom stereocenters. The van der Waals surface area contributed by atoms with Gasteiger partial charge in [0.2, 0.25) is 0 Å². The van der Waals surface area contributed by atoms with Gasteiger partial charge >= 0.3 is 0 Å². The number of nitrogen functional groups attached to an aromatic ring is 1. The molecule has 3 aromatic heterocycles. The number of rotatable bonds is 4. The smallest absolute Gasteiger partial charge is 0.163 e. The summed E-state index contributed by atoms with van der Waals surface area (Å²) in [6.45, 7) is 1.97. The number of aryl methyl sites for hydroxylation is 3. The third-order valence-corrected chi connectivity index (χ3v) is 4.16. The van der Waals surface area contributed by atoms with Crippen molar-refractivity contribution in [3.63, 3.8) is 0 Å². The van der Waals surface area contributed by atoms with E-state index < -0.39 is 0 Å². The van der Waals surface area contributed by atoms with Gasteiger partial charge in [-0.2, -0.15) is 10.2 Å². The van der Waals surface area contributed by atoms with E-state index in [1.165, 1.54) is 0 Å². The van der Waals surface area contributed by atoms with Crippen LogP contribution in [0.1, 0.15) is 11.5 Å². The summed E-state index contributed by atoms with van der Waals surface area (Å²) in [6.07, 6.45) is 1.70. The first-order valence-corrected chi connectivity index (χ1v) is 7.35. The average molecular weight is 304 g/mol. The van der Waals surface area contributed by atoms with E-state index in [4.69, 9.17) is 5.84 Å². The molecule has 0 radical (unpaired) electrons. The topological polar surface area (TPSA) is 99.5 Å². The van der Waals surface area contributed by atoms with Crippen molar-refractivity contribution in [2.24, 2.45) is 19.9 Å². The zero-order chi connectivity index (χ0) is 15.0. The first-order valence-electron chi connectivity index (χ1n) is 6.37. The predicted molar refractivity (Wildman–Crippen MR) is 81.6 cm³/mol. The van der Waals surface area contributed by atoms with Gasteiger partial charge in [0.05, 0.1) is 28.1 Å². The number of hydrazine groups is 1. The molecule has 3 rings (SSSR count). The van der Waals surface area contributed by atoms with Crippen LogP contribution in [0.4, 0.5) is 5.82 Å². The van der Waals surface area contributed by atoms with E-state index in [1.807, 2.05) is 31.8 Å². The van der Waals surface area contributed by atoms with Crippen LogP contribution in [0.5, 0.6) is 0 Å². The van der Waals surface area contributed by atoms with Gasteiger partial charge in [-0.1, -0.05) is 11.8 Å². The fraction of sp³-hybridized carbons (Fsp3) is 0.333. The first kappa shape index (κ1) is 13.8. The highest BCUT2D eigenvalue weighted by Crippen LogP contribution is 2.24. The van der Waals surface area contributed by atoms with Crippen LogP contribution >= 0.6 is 11.8 Å². The summed E-state index contributed by atoms with van der Waals surface area (Å²) in [4.78, 5) is 8.97. The number of aromatic nitrogens is 6. The van der Waals surface area contributed by atoms with Gasteiger partial charge in [-0.25, -0.2) is 15.8 Å². The molecule has 21 heavy (non-hydrogen) atoms. The van der Waals surface area contributed by atoms with E-state index in [-0.39, 0.29) is 0 Å². The van der Waals surface area contributed by atoms with E-state index in [9.17, 15) is 0 Å². The molecule has 0 saturated heterocycles. The number of nitrogens with one attached hydrogen (secondary N) is 1. The highest BCUT2D eigenvalue weighted by Gasteiger charge is 2.12. The van der Waals surface area contributed by atoms with Crippen LogP contribution in [0.15, 0.2) is 17.3 Å². The number of anilines is 1. The Morgan fingerprint density at radius 2 is 2.10 bits per heavy atom. The third kappa shape index (κ3) is 2.57. The molecule has 3 heterocycles. The molecule has 0 fully saturated rings. The fourth-order valence-electron chi connectivity index (χ4n) is 2.10. The van der Waals surface area contributed by atoms with Gasteiger partial charge in [0.15, 0.2) is 11.5 Å². The van der Waals surface area contributed by atoms with Crippen molar-refractivity contribution in [3.05, 3.63) is 23.8 Å². The predicted octanol–water partition coefficient (Wildman–Crippen LogP) is 0.983. The minimum Gasteiger partial charge on any atom is -0.308 e. The molecule has 0 saturated carbocycles. The number of nitrogens with two attached hydrogens (primary N) is 1. The summed E-state index contributed by atoms with van der Waals surface area (Å²) in [5.74, 6) is 7.45. The lowest BCUT2D eigenvalue weighted by atomic mass is 10.4. The maximum absolute atomic E-state index is 5.53. The number of nitrogens with zero attached hydrogens (tertiary/aromatic N) is 6. The lowest BCUT2D eigenvalue weighted by Gasteiger charge is -2.05. The highest BCUT2D eigenvalue weighted by atomic mass is 32.2. The standard InChI is InChI=1S/C12H16N8S/c1-7-4-10(19(2)18-7)21-6-9-15-11(17-13)8-5-14-20(3)12(8)16-9/h4-5H,6,13H2,1-3H3,(H,15,16,17). The molecule has 3 N–H and O–H groups in total. The molecule has 0 aromatic carbocycles. The molecule has 110 valence electrons. The summed E-state index contributed by atoms with van der Waals surface area (Å²) in [7, 11) is 3.77. The van der Waals surface area contributed by atoms with Gasteiger partial charge in [-0.3, -0.25) is 9.36 Å². The molecular weight excluding hydrogens is 288 g/mol. The summed E-state index contributed by atoms with van der Waals surface area (Å²) < 4.78 is 3.56. The van der Waals surface area contributed by atoms with Crippen molar-refractivity contribution < 1.29 is 0 Å². The van der Waals surface area contributed by atoms with Crippen LogP contribution in [0.3, 0.4) is 0 Å². The zero-order valence-corrected chi connectivity index (χ0v) is 12.8. The Kier molecular flexibility index (Phi) is 3.52. The van der Waals surface area contributed by atoms with Crippen molar-refractivity contribution in [2.75, 3.05) is 5.43 Å². The minimum absolute atomic E-state index is 0.588. The Labute approximate surface area is 125 Å². The summed E-state index contributed by atoms with van der Waals surface area (Å²) in [5.41, 5.74) is 4.36.